The number of aromatic nitrogens is 3. The van der Waals surface area contributed by atoms with Crippen molar-refractivity contribution < 1.29 is 27.1 Å². The van der Waals surface area contributed by atoms with Gasteiger partial charge in [-0.15, -0.1) is 0 Å². The van der Waals surface area contributed by atoms with E-state index in [0.29, 0.717) is 58.4 Å². The predicted octanol–water partition coefficient (Wildman–Crippen LogP) is 6.71. The van der Waals surface area contributed by atoms with Gasteiger partial charge in [0.1, 0.15) is 11.4 Å². The number of halogens is 1. The second-order valence-corrected chi connectivity index (χ2v) is 14.1. The van der Waals surface area contributed by atoms with Crippen molar-refractivity contribution in [1.82, 2.24) is 19.9 Å². The standard InChI is InChI=1S/C33H39FN6O5S/c1-22-13-14-24-25(10-5-12-28(24)39-46(42,43)20-8-16-34)29(22)44-30-26(11-6-17-35-30)27-15-18-36-31(38-27)37-23-9-7-19-40(21-23)32(41)45-33(2,3)4/h5-6,10-15,17-18,23,39H,7-9,16,19-21H2,1-4H3,(H,36,37,38)/t23-/m0/s1. The number of aryl methyl sites for hydroxylation is 1. The van der Waals surface area contributed by atoms with Gasteiger partial charge in [0.15, 0.2) is 0 Å². The lowest BCUT2D eigenvalue weighted by atomic mass is 10.0. The fraction of sp³-hybridized carbons (Fsp3) is 0.394. The van der Waals surface area contributed by atoms with Crippen LogP contribution in [0.4, 0.5) is 20.8 Å². The van der Waals surface area contributed by atoms with Gasteiger partial charge in [0.25, 0.3) is 0 Å². The number of hydrogen-bond acceptors (Lipinski definition) is 9. The number of carbonyl (C=O) groups excluding carboxylic acids is 1. The van der Waals surface area contributed by atoms with Gasteiger partial charge in [-0.25, -0.2) is 28.2 Å². The summed E-state index contributed by atoms with van der Waals surface area (Å²) in [5, 5.41) is 4.68. The number of fused-ring (bicyclic) bond motifs is 1. The van der Waals surface area contributed by atoms with Crippen LogP contribution in [0.15, 0.2) is 60.9 Å². The summed E-state index contributed by atoms with van der Waals surface area (Å²) in [6, 6.07) is 14.3. The SMILES string of the molecule is Cc1ccc2c(NS(=O)(=O)CCCF)cccc2c1Oc1ncccc1-c1ccnc(N[C@H]2CCCN(C(=O)OC(C)(C)C)C2)n1. The molecular weight excluding hydrogens is 611 g/mol. The number of hydrogen-bond donors (Lipinski definition) is 2. The molecule has 0 saturated carbocycles. The summed E-state index contributed by atoms with van der Waals surface area (Å²) in [4.78, 5) is 28.0. The molecule has 2 N–H and O–H groups in total. The van der Waals surface area contributed by atoms with Gasteiger partial charge in [-0.1, -0.05) is 24.3 Å². The van der Waals surface area contributed by atoms with Gasteiger partial charge in [0.2, 0.25) is 21.9 Å². The van der Waals surface area contributed by atoms with E-state index in [2.05, 4.69) is 20.0 Å². The van der Waals surface area contributed by atoms with Crippen LogP contribution >= 0.6 is 0 Å². The summed E-state index contributed by atoms with van der Waals surface area (Å²) in [6.07, 6.45) is 4.53. The van der Waals surface area contributed by atoms with Crippen LogP contribution < -0.4 is 14.8 Å². The van der Waals surface area contributed by atoms with Crippen LogP contribution in [0, 0.1) is 6.92 Å². The smallest absolute Gasteiger partial charge is 0.410 e. The minimum absolute atomic E-state index is 0.0527. The maximum Gasteiger partial charge on any atom is 0.410 e. The molecule has 3 heterocycles. The number of rotatable bonds is 10. The van der Waals surface area contributed by atoms with Crippen LogP contribution in [0.2, 0.25) is 0 Å². The van der Waals surface area contributed by atoms with Gasteiger partial charge in [-0.3, -0.25) is 9.11 Å². The Hall–Kier alpha value is -4.52. The Bertz CT molecular complexity index is 1810. The number of likely N-dealkylation sites (tertiary alicyclic amines) is 1. The minimum Gasteiger partial charge on any atom is -0.444 e. The van der Waals surface area contributed by atoms with E-state index in [-0.39, 0.29) is 24.3 Å². The largest absolute Gasteiger partial charge is 0.444 e. The van der Waals surface area contributed by atoms with Crippen LogP contribution in [0.5, 0.6) is 11.6 Å². The number of alkyl halides is 1. The van der Waals surface area contributed by atoms with E-state index >= 15 is 0 Å². The normalized spacial score (nSPS) is 15.4. The number of ether oxygens (including phenoxy) is 2. The van der Waals surface area contributed by atoms with Crippen LogP contribution in [-0.4, -0.2) is 71.5 Å². The Morgan fingerprint density at radius 3 is 2.67 bits per heavy atom. The van der Waals surface area contributed by atoms with Crippen molar-refractivity contribution in [2.24, 2.45) is 0 Å². The lowest BCUT2D eigenvalue weighted by Crippen LogP contribution is -2.47. The Balaban J connectivity index is 1.39. The number of sulfonamides is 1. The molecule has 1 aliphatic rings. The first kappa shape index (κ1) is 32.9. The lowest BCUT2D eigenvalue weighted by Gasteiger charge is -2.34. The fourth-order valence-electron chi connectivity index (χ4n) is 5.24. The lowest BCUT2D eigenvalue weighted by molar-refractivity contribution is 0.0206. The predicted molar refractivity (Wildman–Crippen MR) is 176 cm³/mol. The summed E-state index contributed by atoms with van der Waals surface area (Å²) in [6.45, 7) is 7.83. The molecule has 1 atom stereocenters. The van der Waals surface area contributed by atoms with E-state index < -0.39 is 22.3 Å². The highest BCUT2D eigenvalue weighted by molar-refractivity contribution is 7.92. The molecule has 4 aromatic rings. The third-order valence-corrected chi connectivity index (χ3v) is 8.69. The Labute approximate surface area is 268 Å². The molecule has 2 aromatic heterocycles. The van der Waals surface area contributed by atoms with Gasteiger partial charge < -0.3 is 19.7 Å². The molecule has 2 aromatic carbocycles. The van der Waals surface area contributed by atoms with Crippen molar-refractivity contribution in [2.45, 2.75) is 58.6 Å². The zero-order chi connectivity index (χ0) is 32.9. The first-order valence-electron chi connectivity index (χ1n) is 15.2. The van der Waals surface area contributed by atoms with E-state index in [4.69, 9.17) is 14.5 Å². The highest BCUT2D eigenvalue weighted by Crippen LogP contribution is 2.39. The number of nitrogens with zero attached hydrogens (tertiary/aromatic N) is 4. The summed E-state index contributed by atoms with van der Waals surface area (Å²) >= 11 is 0. The number of carbonyl (C=O) groups is 1. The Morgan fingerprint density at radius 2 is 1.89 bits per heavy atom. The first-order chi connectivity index (χ1) is 21.9. The number of amides is 1. The zero-order valence-electron chi connectivity index (χ0n) is 26.4. The van der Waals surface area contributed by atoms with Gasteiger partial charge in [0, 0.05) is 42.3 Å². The van der Waals surface area contributed by atoms with Gasteiger partial charge in [-0.2, -0.15) is 0 Å². The van der Waals surface area contributed by atoms with E-state index in [9.17, 15) is 17.6 Å². The number of anilines is 2. The molecule has 1 fully saturated rings. The molecular formula is C33H39FN6O5S. The van der Waals surface area contributed by atoms with Crippen molar-refractivity contribution in [3.63, 3.8) is 0 Å². The number of benzene rings is 2. The van der Waals surface area contributed by atoms with Crippen LogP contribution in [0.3, 0.4) is 0 Å². The van der Waals surface area contributed by atoms with Gasteiger partial charge >= 0.3 is 6.09 Å². The fourth-order valence-corrected chi connectivity index (χ4v) is 6.34. The van der Waals surface area contributed by atoms with Crippen molar-refractivity contribution in [2.75, 3.05) is 35.6 Å². The molecule has 1 amide bonds. The maximum atomic E-state index is 12.6. The van der Waals surface area contributed by atoms with Crippen LogP contribution in [-0.2, 0) is 14.8 Å². The average Bonchev–Trinajstić information content (AvgIpc) is 3.01. The molecule has 0 spiro atoms. The monoisotopic (exact) mass is 650 g/mol. The third-order valence-electron chi connectivity index (χ3n) is 7.33. The highest BCUT2D eigenvalue weighted by atomic mass is 32.2. The molecule has 0 aliphatic carbocycles. The van der Waals surface area contributed by atoms with Crippen molar-refractivity contribution in [1.29, 1.82) is 0 Å². The first-order valence-corrected chi connectivity index (χ1v) is 16.9. The summed E-state index contributed by atoms with van der Waals surface area (Å²) in [5.74, 6) is 0.921. The molecule has 13 heteroatoms. The molecule has 0 bridgehead atoms. The summed E-state index contributed by atoms with van der Waals surface area (Å²) < 4.78 is 52.3. The van der Waals surface area contributed by atoms with Crippen molar-refractivity contribution >= 4 is 38.5 Å². The van der Waals surface area contributed by atoms with Gasteiger partial charge in [0.05, 0.1) is 29.4 Å². The number of pyridine rings is 1. The number of piperidine rings is 1. The van der Waals surface area contributed by atoms with Crippen LogP contribution in [0.1, 0.15) is 45.6 Å². The van der Waals surface area contributed by atoms with Crippen LogP contribution in [0.25, 0.3) is 22.0 Å². The average molecular weight is 651 g/mol. The molecule has 0 unspecified atom stereocenters. The maximum absolute atomic E-state index is 12.6. The van der Waals surface area contributed by atoms with E-state index in [1.807, 2.05) is 52.0 Å². The third kappa shape index (κ3) is 8.19. The summed E-state index contributed by atoms with van der Waals surface area (Å²) in [7, 11) is -3.73. The van der Waals surface area contributed by atoms with E-state index in [1.54, 1.807) is 41.6 Å². The molecule has 5 rings (SSSR count). The molecule has 244 valence electrons. The van der Waals surface area contributed by atoms with Crippen molar-refractivity contribution in [3.8, 4) is 22.9 Å². The molecule has 46 heavy (non-hydrogen) atoms. The zero-order valence-corrected chi connectivity index (χ0v) is 27.2. The summed E-state index contributed by atoms with van der Waals surface area (Å²) in [5.41, 5.74) is 1.84. The molecule has 0 radical (unpaired) electrons. The van der Waals surface area contributed by atoms with Gasteiger partial charge in [-0.05, 0) is 76.8 Å². The Kier molecular flexibility index (Phi) is 9.90. The molecule has 1 aliphatic heterocycles. The molecule has 11 nitrogen and oxygen atoms in total. The van der Waals surface area contributed by atoms with E-state index in [0.717, 1.165) is 18.4 Å². The minimum atomic E-state index is -3.73. The van der Waals surface area contributed by atoms with Crippen molar-refractivity contribution in [3.05, 3.63) is 66.5 Å². The molecule has 1 saturated heterocycles. The topological polar surface area (TPSA) is 136 Å². The quantitative estimate of drug-likeness (QED) is 0.192. The second-order valence-electron chi connectivity index (χ2n) is 12.2. The second kappa shape index (κ2) is 13.9. The van der Waals surface area contributed by atoms with E-state index in [1.165, 1.54) is 0 Å². The highest BCUT2D eigenvalue weighted by Gasteiger charge is 2.28. The number of nitrogens with one attached hydrogen (secondary N) is 2. The Morgan fingerprint density at radius 1 is 1.07 bits per heavy atom.